The van der Waals surface area contributed by atoms with Gasteiger partial charge in [-0.05, 0) is 25.1 Å². The molecule has 0 amide bonds. The van der Waals surface area contributed by atoms with Crippen molar-refractivity contribution in [1.29, 1.82) is 0 Å². The quantitative estimate of drug-likeness (QED) is 0.847. The molecule has 21 heavy (non-hydrogen) atoms. The van der Waals surface area contributed by atoms with Gasteiger partial charge in [0.15, 0.2) is 11.5 Å². The van der Waals surface area contributed by atoms with Crippen LogP contribution < -0.4 is 14.8 Å². The van der Waals surface area contributed by atoms with Crippen LogP contribution in [-0.2, 0) is 6.54 Å². The number of ether oxygens (including phenoxy) is 2. The van der Waals surface area contributed by atoms with Crippen LogP contribution in [0, 0.1) is 0 Å². The lowest BCUT2D eigenvalue weighted by atomic mass is 10.2. The summed E-state index contributed by atoms with van der Waals surface area (Å²) in [5.41, 5.74) is 1.05. The van der Waals surface area contributed by atoms with Crippen molar-refractivity contribution in [3.63, 3.8) is 0 Å². The molecule has 0 radical (unpaired) electrons. The molecule has 1 aromatic carbocycles. The Labute approximate surface area is 130 Å². The van der Waals surface area contributed by atoms with E-state index in [0.29, 0.717) is 12.6 Å². The molecule has 2 rings (SSSR count). The summed E-state index contributed by atoms with van der Waals surface area (Å²) >= 11 is 1.70. The van der Waals surface area contributed by atoms with E-state index in [-0.39, 0.29) is 0 Å². The summed E-state index contributed by atoms with van der Waals surface area (Å²) in [4.78, 5) is 5.73. The molecule has 1 aromatic heterocycles. The highest BCUT2D eigenvalue weighted by Crippen LogP contribution is 2.34. The minimum Gasteiger partial charge on any atom is -0.493 e. The Morgan fingerprint density at radius 2 is 2.10 bits per heavy atom. The first-order valence-corrected chi connectivity index (χ1v) is 7.95. The number of nitrogens with zero attached hydrogens (tertiary/aromatic N) is 1. The predicted octanol–water partition coefficient (Wildman–Crippen LogP) is 3.72. The van der Waals surface area contributed by atoms with Crippen molar-refractivity contribution in [2.24, 2.45) is 0 Å². The zero-order chi connectivity index (χ0) is 15.2. The fourth-order valence-electron chi connectivity index (χ4n) is 1.90. The van der Waals surface area contributed by atoms with Crippen LogP contribution in [0.5, 0.6) is 11.5 Å². The molecule has 0 unspecified atom stereocenters. The van der Waals surface area contributed by atoms with Gasteiger partial charge in [-0.1, -0.05) is 13.8 Å². The number of aromatic nitrogens is 1. The highest BCUT2D eigenvalue weighted by Gasteiger charge is 2.10. The van der Waals surface area contributed by atoms with Gasteiger partial charge in [-0.15, -0.1) is 11.3 Å². The smallest absolute Gasteiger partial charge is 0.161 e. The normalized spacial score (nSPS) is 10.9. The molecule has 0 saturated heterocycles. The predicted molar refractivity (Wildman–Crippen MR) is 87.2 cm³/mol. The summed E-state index contributed by atoms with van der Waals surface area (Å²) in [6.45, 7) is 7.71. The van der Waals surface area contributed by atoms with E-state index in [0.717, 1.165) is 28.6 Å². The Bertz CT molecular complexity index is 581. The van der Waals surface area contributed by atoms with Crippen LogP contribution in [0.25, 0.3) is 10.6 Å². The molecule has 0 bridgehead atoms. The molecule has 0 saturated carbocycles. The molecule has 2 aromatic rings. The minimum atomic E-state index is 0.473. The zero-order valence-electron chi connectivity index (χ0n) is 13.0. The van der Waals surface area contributed by atoms with E-state index in [1.165, 1.54) is 4.88 Å². The third-order valence-electron chi connectivity index (χ3n) is 2.95. The molecule has 0 atom stereocenters. The van der Waals surface area contributed by atoms with Gasteiger partial charge in [0.2, 0.25) is 0 Å². The number of nitrogens with one attached hydrogen (secondary N) is 1. The number of methoxy groups -OCH3 is 1. The van der Waals surface area contributed by atoms with Crippen LogP contribution in [0.1, 0.15) is 25.6 Å². The maximum absolute atomic E-state index is 5.54. The number of rotatable bonds is 7. The van der Waals surface area contributed by atoms with Crippen LogP contribution in [0.3, 0.4) is 0 Å². The Morgan fingerprint density at radius 3 is 2.76 bits per heavy atom. The summed E-state index contributed by atoms with van der Waals surface area (Å²) in [6, 6.07) is 6.40. The Hall–Kier alpha value is -1.59. The molecular weight excluding hydrogens is 284 g/mol. The van der Waals surface area contributed by atoms with Crippen molar-refractivity contribution in [1.82, 2.24) is 10.3 Å². The fourth-order valence-corrected chi connectivity index (χ4v) is 2.76. The minimum absolute atomic E-state index is 0.473. The van der Waals surface area contributed by atoms with Crippen LogP contribution >= 0.6 is 11.3 Å². The molecule has 1 heterocycles. The van der Waals surface area contributed by atoms with Gasteiger partial charge < -0.3 is 14.8 Å². The van der Waals surface area contributed by atoms with Crippen molar-refractivity contribution in [3.05, 3.63) is 29.3 Å². The first-order valence-electron chi connectivity index (χ1n) is 7.13. The molecule has 0 fully saturated rings. The van der Waals surface area contributed by atoms with Gasteiger partial charge >= 0.3 is 0 Å². The van der Waals surface area contributed by atoms with Crippen molar-refractivity contribution >= 4 is 11.3 Å². The molecule has 1 N–H and O–H groups in total. The van der Waals surface area contributed by atoms with E-state index >= 15 is 0 Å². The summed E-state index contributed by atoms with van der Waals surface area (Å²) < 4.78 is 10.9. The third kappa shape index (κ3) is 4.19. The molecule has 0 aliphatic rings. The summed E-state index contributed by atoms with van der Waals surface area (Å²) in [5, 5.41) is 4.40. The van der Waals surface area contributed by atoms with E-state index < -0.39 is 0 Å². The van der Waals surface area contributed by atoms with Gasteiger partial charge in [-0.2, -0.15) is 0 Å². The van der Waals surface area contributed by atoms with Crippen LogP contribution in [0.15, 0.2) is 24.4 Å². The van der Waals surface area contributed by atoms with Crippen LogP contribution in [-0.4, -0.2) is 24.7 Å². The monoisotopic (exact) mass is 306 g/mol. The summed E-state index contributed by atoms with van der Waals surface area (Å²) in [6.07, 6.45) is 1.93. The zero-order valence-corrected chi connectivity index (χ0v) is 13.8. The third-order valence-corrected chi connectivity index (χ3v) is 3.99. The van der Waals surface area contributed by atoms with E-state index in [1.807, 2.05) is 31.3 Å². The van der Waals surface area contributed by atoms with E-state index in [2.05, 4.69) is 24.1 Å². The lowest BCUT2D eigenvalue weighted by Gasteiger charge is -2.10. The number of hydrogen-bond donors (Lipinski definition) is 1. The van der Waals surface area contributed by atoms with Crippen LogP contribution in [0.2, 0.25) is 0 Å². The first kappa shape index (κ1) is 15.8. The standard InChI is InChI=1S/C16H22N2O2S/c1-5-20-14-7-6-12(8-15(14)19-4)16-18-10-13(21-16)9-17-11(2)3/h6-8,10-11,17H,5,9H2,1-4H3. The molecule has 4 nitrogen and oxygen atoms in total. The molecular formula is C16H22N2O2S. The van der Waals surface area contributed by atoms with Gasteiger partial charge in [-0.25, -0.2) is 4.98 Å². The molecule has 0 spiro atoms. The Morgan fingerprint density at radius 1 is 1.29 bits per heavy atom. The average molecular weight is 306 g/mol. The highest BCUT2D eigenvalue weighted by molar-refractivity contribution is 7.15. The summed E-state index contributed by atoms with van der Waals surface area (Å²) in [5.74, 6) is 1.51. The van der Waals surface area contributed by atoms with Crippen molar-refractivity contribution in [3.8, 4) is 22.1 Å². The van der Waals surface area contributed by atoms with Gasteiger partial charge in [0.05, 0.1) is 13.7 Å². The van der Waals surface area contributed by atoms with Gasteiger partial charge in [0, 0.05) is 29.2 Å². The van der Waals surface area contributed by atoms with Crippen molar-refractivity contribution < 1.29 is 9.47 Å². The Kier molecular flexibility index (Phi) is 5.59. The molecule has 0 aliphatic carbocycles. The molecule has 114 valence electrons. The lowest BCUT2D eigenvalue weighted by molar-refractivity contribution is 0.311. The second kappa shape index (κ2) is 7.43. The maximum atomic E-state index is 5.54. The van der Waals surface area contributed by atoms with E-state index in [9.17, 15) is 0 Å². The summed E-state index contributed by atoms with van der Waals surface area (Å²) in [7, 11) is 1.65. The molecule has 0 aliphatic heterocycles. The topological polar surface area (TPSA) is 43.4 Å². The van der Waals surface area contributed by atoms with Crippen molar-refractivity contribution in [2.75, 3.05) is 13.7 Å². The van der Waals surface area contributed by atoms with Gasteiger partial charge in [-0.3, -0.25) is 0 Å². The first-order chi connectivity index (χ1) is 10.1. The van der Waals surface area contributed by atoms with Crippen LogP contribution in [0.4, 0.5) is 0 Å². The van der Waals surface area contributed by atoms with Gasteiger partial charge in [0.25, 0.3) is 0 Å². The van der Waals surface area contributed by atoms with E-state index in [4.69, 9.17) is 9.47 Å². The highest BCUT2D eigenvalue weighted by atomic mass is 32.1. The average Bonchev–Trinajstić information content (AvgIpc) is 2.94. The second-order valence-electron chi connectivity index (χ2n) is 4.97. The van der Waals surface area contributed by atoms with Gasteiger partial charge in [0.1, 0.15) is 5.01 Å². The van der Waals surface area contributed by atoms with Crippen molar-refractivity contribution in [2.45, 2.75) is 33.4 Å². The number of benzene rings is 1. The Balaban J connectivity index is 2.18. The second-order valence-corrected chi connectivity index (χ2v) is 6.08. The SMILES string of the molecule is CCOc1ccc(-c2ncc(CNC(C)C)s2)cc1OC. The number of hydrogen-bond acceptors (Lipinski definition) is 5. The lowest BCUT2D eigenvalue weighted by Crippen LogP contribution is -2.21. The fraction of sp³-hybridized carbons (Fsp3) is 0.438. The largest absolute Gasteiger partial charge is 0.493 e. The molecule has 5 heteroatoms. The maximum Gasteiger partial charge on any atom is 0.161 e. The number of thiazole rings is 1. The van der Waals surface area contributed by atoms with E-state index in [1.54, 1.807) is 18.4 Å².